The van der Waals surface area contributed by atoms with E-state index in [4.69, 9.17) is 4.74 Å². The Bertz CT molecular complexity index is 919. The molecule has 0 aliphatic heterocycles. The molecule has 2 amide bonds. The molecule has 0 radical (unpaired) electrons. The molecule has 0 saturated heterocycles. The summed E-state index contributed by atoms with van der Waals surface area (Å²) in [4.78, 5) is 27.7. The first-order valence-electron chi connectivity index (χ1n) is 11.2. The van der Waals surface area contributed by atoms with Gasteiger partial charge in [-0.25, -0.2) is 0 Å². The Morgan fingerprint density at radius 3 is 2.48 bits per heavy atom. The average Bonchev–Trinajstić information content (AvgIpc) is 3.25. The molecule has 3 rings (SSSR count). The molecule has 0 unspecified atom stereocenters. The summed E-state index contributed by atoms with van der Waals surface area (Å²) in [5, 5.41) is 3.12. The molecule has 0 spiro atoms. The maximum absolute atomic E-state index is 13.2. The van der Waals surface area contributed by atoms with Crippen LogP contribution >= 0.6 is 0 Å². The van der Waals surface area contributed by atoms with Gasteiger partial charge in [-0.1, -0.05) is 48.7 Å². The van der Waals surface area contributed by atoms with Crippen molar-refractivity contribution >= 4 is 11.8 Å². The number of benzene rings is 2. The maximum Gasteiger partial charge on any atom is 0.261 e. The number of nitrogens with one attached hydrogen (secondary N) is 1. The van der Waals surface area contributed by atoms with Crippen LogP contribution in [-0.2, 0) is 16.1 Å². The number of hydrogen-bond acceptors (Lipinski definition) is 3. The fraction of sp³-hybridized carbons (Fsp3) is 0.462. The third kappa shape index (κ3) is 6.33. The lowest BCUT2D eigenvalue weighted by Gasteiger charge is -2.29. The highest BCUT2D eigenvalue weighted by molar-refractivity contribution is 5.88. The van der Waals surface area contributed by atoms with Gasteiger partial charge in [-0.3, -0.25) is 9.59 Å². The third-order valence-corrected chi connectivity index (χ3v) is 6.14. The van der Waals surface area contributed by atoms with Crippen LogP contribution in [0.1, 0.15) is 54.9 Å². The van der Waals surface area contributed by atoms with E-state index in [1.54, 1.807) is 11.8 Å². The fourth-order valence-electron chi connectivity index (χ4n) is 4.01. The van der Waals surface area contributed by atoms with Crippen molar-refractivity contribution in [3.05, 3.63) is 64.7 Å². The summed E-state index contributed by atoms with van der Waals surface area (Å²) in [6, 6.07) is 13.5. The predicted octanol–water partition coefficient (Wildman–Crippen LogP) is 4.47. The zero-order valence-electron chi connectivity index (χ0n) is 19.1. The van der Waals surface area contributed by atoms with Crippen molar-refractivity contribution in [2.24, 2.45) is 0 Å². The molecule has 2 aromatic rings. The Kier molecular flexibility index (Phi) is 7.72. The van der Waals surface area contributed by atoms with Gasteiger partial charge in [-0.05, 0) is 69.4 Å². The van der Waals surface area contributed by atoms with Gasteiger partial charge in [0.1, 0.15) is 11.8 Å². The van der Waals surface area contributed by atoms with Crippen molar-refractivity contribution in [1.29, 1.82) is 0 Å². The van der Waals surface area contributed by atoms with Gasteiger partial charge in [0.05, 0.1) is 0 Å². The van der Waals surface area contributed by atoms with Crippen LogP contribution in [0.4, 0.5) is 0 Å². The molecule has 5 heteroatoms. The van der Waals surface area contributed by atoms with E-state index >= 15 is 0 Å². The molecule has 0 heterocycles. The number of carbonyl (C=O) groups is 2. The van der Waals surface area contributed by atoms with Gasteiger partial charge in [0.25, 0.3) is 5.91 Å². The van der Waals surface area contributed by atoms with E-state index in [-0.39, 0.29) is 24.5 Å². The van der Waals surface area contributed by atoms with E-state index in [0.717, 1.165) is 42.4 Å². The van der Waals surface area contributed by atoms with E-state index in [0.29, 0.717) is 12.3 Å². The number of carbonyl (C=O) groups excluding carboxylic acids is 2. The van der Waals surface area contributed by atoms with Crippen molar-refractivity contribution in [3.8, 4) is 5.75 Å². The van der Waals surface area contributed by atoms with Crippen LogP contribution < -0.4 is 10.1 Å². The van der Waals surface area contributed by atoms with Crippen molar-refractivity contribution in [3.63, 3.8) is 0 Å². The Morgan fingerprint density at radius 2 is 1.81 bits per heavy atom. The summed E-state index contributed by atoms with van der Waals surface area (Å²) < 4.78 is 5.79. The minimum atomic E-state index is -0.572. The van der Waals surface area contributed by atoms with E-state index in [9.17, 15) is 9.59 Å². The Hall–Kier alpha value is -2.82. The summed E-state index contributed by atoms with van der Waals surface area (Å²) in [5.74, 6) is 0.364. The van der Waals surface area contributed by atoms with Crippen LogP contribution in [-0.4, -0.2) is 35.4 Å². The molecule has 1 fully saturated rings. The van der Waals surface area contributed by atoms with Crippen LogP contribution in [0.2, 0.25) is 0 Å². The van der Waals surface area contributed by atoms with Gasteiger partial charge in [0.2, 0.25) is 5.91 Å². The molecule has 0 aromatic heterocycles. The monoisotopic (exact) mass is 422 g/mol. The standard InChI is InChI=1S/C26H34N2O3/c1-18-8-7-9-22(14-18)16-28(21(4)26(30)27-23-10-5-6-11-23)25(29)17-31-24-13-12-19(2)20(3)15-24/h7-9,12-15,21,23H,5-6,10-11,16-17H2,1-4H3,(H,27,30)/t21-/m0/s1. The lowest BCUT2D eigenvalue weighted by atomic mass is 10.1. The lowest BCUT2D eigenvalue weighted by molar-refractivity contribution is -0.142. The predicted molar refractivity (Wildman–Crippen MR) is 123 cm³/mol. The fourth-order valence-corrected chi connectivity index (χ4v) is 4.01. The second kappa shape index (κ2) is 10.5. The number of ether oxygens (including phenoxy) is 1. The zero-order chi connectivity index (χ0) is 22.4. The molecule has 1 aliphatic carbocycles. The van der Waals surface area contributed by atoms with Crippen LogP contribution in [0.15, 0.2) is 42.5 Å². The molecule has 1 atom stereocenters. The quantitative estimate of drug-likeness (QED) is 0.683. The molecule has 5 nitrogen and oxygen atoms in total. The van der Waals surface area contributed by atoms with Crippen molar-refractivity contribution < 1.29 is 14.3 Å². The molecule has 166 valence electrons. The van der Waals surface area contributed by atoms with Gasteiger partial charge in [0.15, 0.2) is 6.61 Å². The van der Waals surface area contributed by atoms with Crippen LogP contribution in [0, 0.1) is 20.8 Å². The number of rotatable bonds is 8. The second-order valence-corrected chi connectivity index (χ2v) is 8.71. The third-order valence-electron chi connectivity index (χ3n) is 6.14. The SMILES string of the molecule is Cc1cccc(CN(C(=O)COc2ccc(C)c(C)c2)[C@@H](C)C(=O)NC2CCCC2)c1. The van der Waals surface area contributed by atoms with Crippen molar-refractivity contribution in [2.75, 3.05) is 6.61 Å². The minimum absolute atomic E-state index is 0.0981. The Morgan fingerprint density at radius 1 is 1.06 bits per heavy atom. The average molecular weight is 423 g/mol. The molecular weight excluding hydrogens is 388 g/mol. The number of amides is 2. The highest BCUT2D eigenvalue weighted by Crippen LogP contribution is 2.19. The number of nitrogens with zero attached hydrogens (tertiary/aromatic N) is 1. The summed E-state index contributed by atoms with van der Waals surface area (Å²) in [6.07, 6.45) is 4.32. The second-order valence-electron chi connectivity index (χ2n) is 8.71. The van der Waals surface area contributed by atoms with E-state index in [2.05, 4.69) is 5.32 Å². The van der Waals surface area contributed by atoms with Gasteiger partial charge >= 0.3 is 0 Å². The van der Waals surface area contributed by atoms with E-state index in [1.807, 2.05) is 63.2 Å². The van der Waals surface area contributed by atoms with Crippen molar-refractivity contribution in [1.82, 2.24) is 10.2 Å². The zero-order valence-corrected chi connectivity index (χ0v) is 19.1. The van der Waals surface area contributed by atoms with Crippen LogP contribution in [0.3, 0.4) is 0 Å². The first-order chi connectivity index (χ1) is 14.8. The summed E-state index contributed by atoms with van der Waals surface area (Å²) >= 11 is 0. The molecule has 31 heavy (non-hydrogen) atoms. The molecular formula is C26H34N2O3. The number of hydrogen-bond donors (Lipinski definition) is 1. The Labute approximate surface area is 185 Å². The van der Waals surface area contributed by atoms with Crippen LogP contribution in [0.5, 0.6) is 5.75 Å². The minimum Gasteiger partial charge on any atom is -0.484 e. The first kappa shape index (κ1) is 22.9. The molecule has 2 aromatic carbocycles. The Balaban J connectivity index is 1.72. The highest BCUT2D eigenvalue weighted by Gasteiger charge is 2.28. The highest BCUT2D eigenvalue weighted by atomic mass is 16.5. The van der Waals surface area contributed by atoms with Gasteiger partial charge in [-0.15, -0.1) is 0 Å². The lowest BCUT2D eigenvalue weighted by Crippen LogP contribution is -2.50. The van der Waals surface area contributed by atoms with E-state index in [1.165, 1.54) is 5.56 Å². The normalized spacial score (nSPS) is 14.8. The molecule has 0 bridgehead atoms. The number of aryl methyl sites for hydroxylation is 3. The summed E-state index contributed by atoms with van der Waals surface area (Å²) in [7, 11) is 0. The van der Waals surface area contributed by atoms with E-state index < -0.39 is 6.04 Å². The topological polar surface area (TPSA) is 58.6 Å². The van der Waals surface area contributed by atoms with Gasteiger partial charge in [-0.2, -0.15) is 0 Å². The van der Waals surface area contributed by atoms with Gasteiger partial charge < -0.3 is 15.0 Å². The molecule has 1 N–H and O–H groups in total. The van der Waals surface area contributed by atoms with Gasteiger partial charge in [0, 0.05) is 12.6 Å². The van der Waals surface area contributed by atoms with Crippen molar-refractivity contribution in [2.45, 2.75) is 72.0 Å². The summed E-state index contributed by atoms with van der Waals surface area (Å²) in [5.41, 5.74) is 4.42. The smallest absolute Gasteiger partial charge is 0.261 e. The van der Waals surface area contributed by atoms with Crippen LogP contribution in [0.25, 0.3) is 0 Å². The molecule has 1 aliphatic rings. The summed E-state index contributed by atoms with van der Waals surface area (Å²) in [6.45, 7) is 8.15. The first-order valence-corrected chi connectivity index (χ1v) is 11.2. The maximum atomic E-state index is 13.2. The molecule has 1 saturated carbocycles. The largest absolute Gasteiger partial charge is 0.484 e.